The topological polar surface area (TPSA) is 26.0 Å². The fourth-order valence-corrected chi connectivity index (χ4v) is 2.84. The summed E-state index contributed by atoms with van der Waals surface area (Å²) in [5, 5.41) is 0.862. The van der Waals surface area contributed by atoms with Gasteiger partial charge in [-0.1, -0.05) is 81.7 Å². The zero-order valence-corrected chi connectivity index (χ0v) is 13.0. The van der Waals surface area contributed by atoms with Crippen LogP contribution < -0.4 is 5.73 Å². The first-order valence-electron chi connectivity index (χ1n) is 7.74. The normalized spacial score (nSPS) is 12.6. The molecule has 1 aromatic carbocycles. The smallest absolute Gasteiger partial charge is 0.0441 e. The van der Waals surface area contributed by atoms with Gasteiger partial charge in [0.25, 0.3) is 0 Å². The molecule has 1 nitrogen and oxygen atoms in total. The molecule has 2 N–H and O–H groups in total. The Morgan fingerprint density at radius 1 is 1.00 bits per heavy atom. The summed E-state index contributed by atoms with van der Waals surface area (Å²) in [6, 6.07) is 8.10. The van der Waals surface area contributed by atoms with Crippen LogP contribution in [0.3, 0.4) is 0 Å². The lowest BCUT2D eigenvalue weighted by Crippen LogP contribution is -2.13. The first kappa shape index (κ1) is 16.5. The Morgan fingerprint density at radius 2 is 1.63 bits per heavy atom. The van der Waals surface area contributed by atoms with Gasteiger partial charge in [0.1, 0.15) is 0 Å². The van der Waals surface area contributed by atoms with Gasteiger partial charge in [-0.25, -0.2) is 0 Å². The molecule has 0 aromatic heterocycles. The molecule has 0 saturated carbocycles. The van der Waals surface area contributed by atoms with Crippen molar-refractivity contribution in [2.24, 2.45) is 5.73 Å². The van der Waals surface area contributed by atoms with Crippen molar-refractivity contribution < 1.29 is 0 Å². The second-order valence-electron chi connectivity index (χ2n) is 5.36. The summed E-state index contributed by atoms with van der Waals surface area (Å²) >= 11 is 6.24. The molecule has 0 fully saturated rings. The molecule has 1 rings (SSSR count). The molecule has 19 heavy (non-hydrogen) atoms. The third-order valence-corrected chi connectivity index (χ3v) is 4.13. The molecule has 0 aliphatic carbocycles. The van der Waals surface area contributed by atoms with Crippen LogP contribution in [0.15, 0.2) is 24.3 Å². The minimum Gasteiger partial charge on any atom is -0.330 e. The molecule has 108 valence electrons. The molecule has 0 amide bonds. The predicted octanol–water partition coefficient (Wildman–Crippen LogP) is 5.52. The first-order chi connectivity index (χ1) is 9.29. The van der Waals surface area contributed by atoms with Crippen molar-refractivity contribution in [1.29, 1.82) is 0 Å². The Labute approximate surface area is 123 Å². The third-order valence-electron chi connectivity index (χ3n) is 3.79. The van der Waals surface area contributed by atoms with Crippen molar-refractivity contribution >= 4 is 11.6 Å². The highest BCUT2D eigenvalue weighted by atomic mass is 35.5. The van der Waals surface area contributed by atoms with Crippen LogP contribution in [0.5, 0.6) is 0 Å². The lowest BCUT2D eigenvalue weighted by molar-refractivity contribution is 0.537. The number of nitrogens with two attached hydrogens (primary N) is 1. The summed E-state index contributed by atoms with van der Waals surface area (Å²) in [7, 11) is 0. The van der Waals surface area contributed by atoms with Crippen molar-refractivity contribution in [2.75, 3.05) is 6.54 Å². The van der Waals surface area contributed by atoms with Crippen molar-refractivity contribution in [3.05, 3.63) is 34.9 Å². The SMILES string of the molecule is CCCCCCCCCC(CN)c1ccccc1Cl. The van der Waals surface area contributed by atoms with Gasteiger partial charge >= 0.3 is 0 Å². The van der Waals surface area contributed by atoms with Crippen LogP contribution in [-0.4, -0.2) is 6.54 Å². The molecule has 1 aromatic rings. The minimum atomic E-state index is 0.421. The molecule has 0 spiro atoms. The van der Waals surface area contributed by atoms with Crippen molar-refractivity contribution in [2.45, 2.75) is 64.2 Å². The van der Waals surface area contributed by atoms with Gasteiger partial charge in [-0.15, -0.1) is 0 Å². The van der Waals surface area contributed by atoms with Gasteiger partial charge < -0.3 is 5.73 Å². The van der Waals surface area contributed by atoms with E-state index >= 15 is 0 Å². The van der Waals surface area contributed by atoms with Gasteiger partial charge in [0, 0.05) is 5.02 Å². The summed E-state index contributed by atoms with van der Waals surface area (Å²) in [6.45, 7) is 2.95. The van der Waals surface area contributed by atoms with Crippen LogP contribution in [0.2, 0.25) is 5.02 Å². The van der Waals surface area contributed by atoms with Crippen LogP contribution >= 0.6 is 11.6 Å². The van der Waals surface area contributed by atoms with Crippen LogP contribution in [0, 0.1) is 0 Å². The van der Waals surface area contributed by atoms with E-state index in [2.05, 4.69) is 19.1 Å². The molecule has 0 bridgehead atoms. The van der Waals surface area contributed by atoms with E-state index in [0.29, 0.717) is 12.5 Å². The lowest BCUT2D eigenvalue weighted by atomic mass is 9.93. The monoisotopic (exact) mass is 281 g/mol. The summed E-state index contributed by atoms with van der Waals surface area (Å²) in [5.74, 6) is 0.421. The fourth-order valence-electron chi connectivity index (χ4n) is 2.55. The maximum absolute atomic E-state index is 6.24. The summed E-state index contributed by atoms with van der Waals surface area (Å²) in [6.07, 6.45) is 10.6. The maximum atomic E-state index is 6.24. The zero-order valence-electron chi connectivity index (χ0n) is 12.2. The third kappa shape index (κ3) is 6.44. The number of unbranched alkanes of at least 4 members (excludes halogenated alkanes) is 6. The van der Waals surface area contributed by atoms with E-state index in [1.54, 1.807) is 0 Å². The summed E-state index contributed by atoms with van der Waals surface area (Å²) < 4.78 is 0. The molecular weight excluding hydrogens is 254 g/mol. The molecule has 2 heteroatoms. The Bertz CT molecular complexity index is 338. The number of hydrogen-bond acceptors (Lipinski definition) is 1. The molecule has 0 aliphatic rings. The van der Waals surface area contributed by atoms with Gasteiger partial charge in [-0.2, -0.15) is 0 Å². The average molecular weight is 282 g/mol. The number of benzene rings is 1. The highest BCUT2D eigenvalue weighted by Crippen LogP contribution is 2.28. The molecule has 0 heterocycles. The van der Waals surface area contributed by atoms with Crippen LogP contribution in [0.4, 0.5) is 0 Å². The highest BCUT2D eigenvalue weighted by Gasteiger charge is 2.12. The van der Waals surface area contributed by atoms with E-state index in [0.717, 1.165) is 11.4 Å². The number of rotatable bonds is 10. The van der Waals surface area contributed by atoms with E-state index in [-0.39, 0.29) is 0 Å². The summed E-state index contributed by atoms with van der Waals surface area (Å²) in [4.78, 5) is 0. The Kier molecular flexibility index (Phi) is 8.94. The van der Waals surface area contributed by atoms with Gasteiger partial charge in [0.2, 0.25) is 0 Å². The van der Waals surface area contributed by atoms with E-state index in [1.165, 1.54) is 50.5 Å². The summed E-state index contributed by atoms with van der Waals surface area (Å²) in [5.41, 5.74) is 7.12. The Morgan fingerprint density at radius 3 is 2.26 bits per heavy atom. The van der Waals surface area contributed by atoms with Crippen molar-refractivity contribution in [3.8, 4) is 0 Å². The zero-order chi connectivity index (χ0) is 13.9. The Balaban J connectivity index is 2.24. The fraction of sp³-hybridized carbons (Fsp3) is 0.647. The molecule has 1 unspecified atom stereocenters. The van der Waals surface area contributed by atoms with Crippen molar-refractivity contribution in [3.63, 3.8) is 0 Å². The van der Waals surface area contributed by atoms with E-state index in [9.17, 15) is 0 Å². The van der Waals surface area contributed by atoms with E-state index in [4.69, 9.17) is 17.3 Å². The minimum absolute atomic E-state index is 0.421. The van der Waals surface area contributed by atoms with Crippen LogP contribution in [-0.2, 0) is 0 Å². The van der Waals surface area contributed by atoms with Gasteiger partial charge in [0.05, 0.1) is 0 Å². The standard InChI is InChI=1S/C17H28ClN/c1-2-3-4-5-6-7-8-11-15(14-19)16-12-9-10-13-17(16)18/h9-10,12-13,15H,2-8,11,14,19H2,1H3. The predicted molar refractivity (Wildman–Crippen MR) is 85.9 cm³/mol. The number of hydrogen-bond donors (Lipinski definition) is 1. The Hall–Kier alpha value is -0.530. The quantitative estimate of drug-likeness (QED) is 0.561. The van der Waals surface area contributed by atoms with Gasteiger partial charge in [-0.05, 0) is 30.5 Å². The average Bonchev–Trinajstić information content (AvgIpc) is 2.43. The van der Waals surface area contributed by atoms with Crippen molar-refractivity contribution in [1.82, 2.24) is 0 Å². The molecule has 0 radical (unpaired) electrons. The first-order valence-corrected chi connectivity index (χ1v) is 8.11. The maximum Gasteiger partial charge on any atom is 0.0441 e. The van der Waals surface area contributed by atoms with Crippen LogP contribution in [0.25, 0.3) is 0 Å². The van der Waals surface area contributed by atoms with E-state index < -0.39 is 0 Å². The van der Waals surface area contributed by atoms with Gasteiger partial charge in [-0.3, -0.25) is 0 Å². The molecule has 0 saturated heterocycles. The molecular formula is C17H28ClN. The molecule has 1 atom stereocenters. The molecule has 0 aliphatic heterocycles. The second-order valence-corrected chi connectivity index (χ2v) is 5.77. The highest BCUT2D eigenvalue weighted by molar-refractivity contribution is 6.31. The second kappa shape index (κ2) is 10.3. The van der Waals surface area contributed by atoms with E-state index in [1.807, 2.05) is 12.1 Å². The lowest BCUT2D eigenvalue weighted by Gasteiger charge is -2.16. The van der Waals surface area contributed by atoms with Crippen LogP contribution in [0.1, 0.15) is 69.8 Å². The van der Waals surface area contributed by atoms with Gasteiger partial charge in [0.15, 0.2) is 0 Å². The number of halogens is 1. The largest absolute Gasteiger partial charge is 0.330 e.